The van der Waals surface area contributed by atoms with Gasteiger partial charge in [0, 0.05) is 11.0 Å². The zero-order valence-corrected chi connectivity index (χ0v) is 8.60. The molecule has 4 heteroatoms. The summed E-state index contributed by atoms with van der Waals surface area (Å²) in [6.07, 6.45) is 0.958. The van der Waals surface area contributed by atoms with Gasteiger partial charge >= 0.3 is 0 Å². The molecular formula is C9H9BrN2O. The summed E-state index contributed by atoms with van der Waals surface area (Å²) in [6.45, 7) is 1.71. The van der Waals surface area contributed by atoms with Crippen LogP contribution in [-0.2, 0) is 13.0 Å². The van der Waals surface area contributed by atoms with Crippen molar-refractivity contribution in [3.63, 3.8) is 0 Å². The van der Waals surface area contributed by atoms with Gasteiger partial charge in [-0.25, -0.2) is 0 Å². The van der Waals surface area contributed by atoms with Crippen molar-refractivity contribution in [2.45, 2.75) is 13.0 Å². The third kappa shape index (κ3) is 1.51. The van der Waals surface area contributed by atoms with Crippen LogP contribution in [0.4, 0.5) is 5.69 Å². The number of rotatable bonds is 1. The Morgan fingerprint density at radius 3 is 3.00 bits per heavy atom. The normalized spacial score (nSPS) is 15.2. The molecule has 1 heterocycles. The van der Waals surface area contributed by atoms with Gasteiger partial charge in [-0.2, -0.15) is 0 Å². The molecule has 68 valence electrons. The van der Waals surface area contributed by atoms with Crippen LogP contribution in [0.25, 0.3) is 0 Å². The lowest BCUT2D eigenvalue weighted by molar-refractivity contribution is 0.642. The molecule has 0 unspecified atom stereocenters. The molecule has 1 aromatic rings. The summed E-state index contributed by atoms with van der Waals surface area (Å²) >= 11 is 3.47. The van der Waals surface area contributed by atoms with E-state index in [-0.39, 0.29) is 0 Å². The monoisotopic (exact) mass is 240 g/mol. The zero-order chi connectivity index (χ0) is 9.26. The molecule has 0 aromatic heterocycles. The second kappa shape index (κ2) is 3.55. The Morgan fingerprint density at radius 1 is 1.38 bits per heavy atom. The van der Waals surface area contributed by atoms with Crippen molar-refractivity contribution in [2.24, 2.45) is 5.18 Å². The van der Waals surface area contributed by atoms with Crippen LogP contribution in [0.15, 0.2) is 21.8 Å². The van der Waals surface area contributed by atoms with Crippen molar-refractivity contribution in [3.8, 4) is 0 Å². The van der Waals surface area contributed by atoms with Crippen molar-refractivity contribution in [2.75, 3.05) is 6.54 Å². The van der Waals surface area contributed by atoms with Gasteiger partial charge in [0.2, 0.25) is 0 Å². The van der Waals surface area contributed by atoms with E-state index in [4.69, 9.17) is 0 Å². The zero-order valence-electron chi connectivity index (χ0n) is 7.01. The highest BCUT2D eigenvalue weighted by molar-refractivity contribution is 9.10. The van der Waals surface area contributed by atoms with E-state index in [1.165, 1.54) is 5.56 Å². The smallest absolute Gasteiger partial charge is 0.112 e. The Bertz CT molecular complexity index is 352. The lowest BCUT2D eigenvalue weighted by atomic mass is 10.00. The summed E-state index contributed by atoms with van der Waals surface area (Å²) < 4.78 is 1.08. The minimum atomic E-state index is 0.561. The topological polar surface area (TPSA) is 41.5 Å². The molecule has 0 fully saturated rings. The van der Waals surface area contributed by atoms with Crippen molar-refractivity contribution in [1.29, 1.82) is 0 Å². The van der Waals surface area contributed by atoms with E-state index in [0.717, 1.165) is 29.5 Å². The maximum absolute atomic E-state index is 10.5. The minimum absolute atomic E-state index is 0.561. The molecule has 0 spiro atoms. The van der Waals surface area contributed by atoms with Gasteiger partial charge in [0.1, 0.15) is 5.69 Å². The fourth-order valence-electron chi connectivity index (χ4n) is 1.63. The van der Waals surface area contributed by atoms with Gasteiger partial charge in [-0.05, 0) is 41.4 Å². The lowest BCUT2D eigenvalue weighted by Gasteiger charge is -2.18. The van der Waals surface area contributed by atoms with E-state index in [1.807, 2.05) is 6.07 Å². The SMILES string of the molecule is O=Nc1ccc(Br)c2c1CNCC2. The number of fused-ring (bicyclic) bond motifs is 1. The number of nitrogens with zero attached hydrogens (tertiary/aromatic N) is 1. The Hall–Kier alpha value is -0.740. The molecule has 3 nitrogen and oxygen atoms in total. The van der Waals surface area contributed by atoms with Crippen molar-refractivity contribution in [3.05, 3.63) is 32.6 Å². The highest BCUT2D eigenvalue weighted by Gasteiger charge is 2.15. The third-order valence-corrected chi connectivity index (χ3v) is 3.04. The molecule has 0 amide bonds. The molecule has 1 aromatic carbocycles. The highest BCUT2D eigenvalue weighted by atomic mass is 79.9. The standard InChI is InChI=1S/C9H9BrN2O/c10-8-1-2-9(12-13)7-5-11-4-3-6(7)8/h1-2,11H,3-5H2. The second-order valence-electron chi connectivity index (χ2n) is 3.04. The molecule has 0 bridgehead atoms. The minimum Gasteiger partial charge on any atom is -0.312 e. The number of nitroso groups, excluding NO2 is 1. The maximum Gasteiger partial charge on any atom is 0.112 e. The van der Waals surface area contributed by atoms with E-state index >= 15 is 0 Å². The van der Waals surface area contributed by atoms with Gasteiger partial charge in [-0.3, -0.25) is 0 Å². The van der Waals surface area contributed by atoms with Gasteiger partial charge < -0.3 is 5.32 Å². The molecule has 0 saturated heterocycles. The molecule has 0 aliphatic carbocycles. The largest absolute Gasteiger partial charge is 0.312 e. The Morgan fingerprint density at radius 2 is 2.23 bits per heavy atom. The Balaban J connectivity index is 2.58. The summed E-state index contributed by atoms with van der Waals surface area (Å²) in [7, 11) is 0. The van der Waals surface area contributed by atoms with E-state index in [9.17, 15) is 4.91 Å². The summed E-state index contributed by atoms with van der Waals surface area (Å²) in [5, 5.41) is 6.24. The average Bonchev–Trinajstić information content (AvgIpc) is 2.19. The fraction of sp³-hybridized carbons (Fsp3) is 0.333. The fourth-order valence-corrected chi connectivity index (χ4v) is 2.20. The van der Waals surface area contributed by atoms with Gasteiger partial charge in [0.25, 0.3) is 0 Å². The molecule has 0 saturated carbocycles. The second-order valence-corrected chi connectivity index (χ2v) is 3.90. The van der Waals surface area contributed by atoms with Crippen molar-refractivity contribution in [1.82, 2.24) is 5.32 Å². The summed E-state index contributed by atoms with van der Waals surface area (Å²) in [5.41, 5.74) is 2.82. The maximum atomic E-state index is 10.5. The van der Waals surface area contributed by atoms with Gasteiger partial charge in [0.15, 0.2) is 0 Å². The first kappa shape index (κ1) is 8.84. The number of halogens is 1. The van der Waals surface area contributed by atoms with Crippen LogP contribution in [0.1, 0.15) is 11.1 Å². The van der Waals surface area contributed by atoms with Gasteiger partial charge in [-0.1, -0.05) is 15.9 Å². The quantitative estimate of drug-likeness (QED) is 0.767. The van der Waals surface area contributed by atoms with Crippen LogP contribution < -0.4 is 5.32 Å². The van der Waals surface area contributed by atoms with Gasteiger partial charge in [0.05, 0.1) is 0 Å². The number of hydrogen-bond acceptors (Lipinski definition) is 3. The highest BCUT2D eigenvalue weighted by Crippen LogP contribution is 2.31. The first-order valence-electron chi connectivity index (χ1n) is 4.17. The van der Waals surface area contributed by atoms with E-state index in [1.54, 1.807) is 6.07 Å². The van der Waals surface area contributed by atoms with E-state index in [0.29, 0.717) is 5.69 Å². The molecule has 13 heavy (non-hydrogen) atoms. The molecule has 0 radical (unpaired) electrons. The summed E-state index contributed by atoms with van der Waals surface area (Å²) in [4.78, 5) is 10.5. The molecule has 2 rings (SSSR count). The third-order valence-electron chi connectivity index (χ3n) is 2.30. The van der Waals surface area contributed by atoms with Gasteiger partial charge in [-0.15, -0.1) is 4.91 Å². The number of nitrogens with one attached hydrogen (secondary N) is 1. The molecule has 1 aliphatic rings. The molecule has 1 N–H and O–H groups in total. The van der Waals surface area contributed by atoms with Crippen LogP contribution >= 0.6 is 15.9 Å². The first-order valence-corrected chi connectivity index (χ1v) is 4.96. The van der Waals surface area contributed by atoms with Crippen molar-refractivity contribution >= 4 is 21.6 Å². The van der Waals surface area contributed by atoms with E-state index in [2.05, 4.69) is 26.4 Å². The number of hydrogen-bond donors (Lipinski definition) is 1. The van der Waals surface area contributed by atoms with Crippen molar-refractivity contribution < 1.29 is 0 Å². The van der Waals surface area contributed by atoms with Crippen LogP contribution in [0.2, 0.25) is 0 Å². The van der Waals surface area contributed by atoms with Crippen LogP contribution in [-0.4, -0.2) is 6.54 Å². The summed E-state index contributed by atoms with van der Waals surface area (Å²) in [5.74, 6) is 0. The average molecular weight is 241 g/mol. The Labute approximate surface area is 84.6 Å². The summed E-state index contributed by atoms with van der Waals surface area (Å²) in [6, 6.07) is 3.64. The molecule has 0 atom stereocenters. The first-order chi connectivity index (χ1) is 6.33. The Kier molecular flexibility index (Phi) is 2.42. The van der Waals surface area contributed by atoms with Crippen LogP contribution in [0, 0.1) is 4.91 Å². The predicted molar refractivity (Wildman–Crippen MR) is 55.0 cm³/mol. The van der Waals surface area contributed by atoms with Crippen LogP contribution in [0.5, 0.6) is 0 Å². The van der Waals surface area contributed by atoms with E-state index < -0.39 is 0 Å². The lowest BCUT2D eigenvalue weighted by Crippen LogP contribution is -2.23. The predicted octanol–water partition coefficient (Wildman–Crippen LogP) is 2.49. The number of benzene rings is 1. The molecular weight excluding hydrogens is 232 g/mol. The molecule has 1 aliphatic heterocycles. The van der Waals surface area contributed by atoms with Crippen LogP contribution in [0.3, 0.4) is 0 Å².